The van der Waals surface area contributed by atoms with Gasteiger partial charge in [-0.1, -0.05) is 12.6 Å². The van der Waals surface area contributed by atoms with Gasteiger partial charge in [-0.2, -0.15) is 0 Å². The Labute approximate surface area is 148 Å². The number of rotatable bonds is 7. The van der Waals surface area contributed by atoms with E-state index in [-0.39, 0.29) is 11.8 Å². The molecule has 0 unspecified atom stereocenters. The number of ether oxygens (including phenoxy) is 1. The molecule has 0 aliphatic carbocycles. The summed E-state index contributed by atoms with van der Waals surface area (Å²) in [6, 6.07) is 7.02. The fraction of sp³-hybridized carbons (Fsp3) is 0.333. The Kier molecular flexibility index (Phi) is 6.73. The number of hydrazine groups is 1. The van der Waals surface area contributed by atoms with Crippen molar-refractivity contribution < 1.29 is 9.53 Å². The molecular formula is C18H25N5O2. The number of hydrogen-bond acceptors (Lipinski definition) is 5. The van der Waals surface area contributed by atoms with Crippen LogP contribution in [-0.2, 0) is 4.79 Å². The highest BCUT2D eigenvalue weighted by Gasteiger charge is 2.15. The predicted octanol–water partition coefficient (Wildman–Crippen LogP) is 1.78. The van der Waals surface area contributed by atoms with Gasteiger partial charge in [-0.25, -0.2) is 10.0 Å². The van der Waals surface area contributed by atoms with Crippen molar-refractivity contribution in [3.05, 3.63) is 49.4 Å². The lowest BCUT2D eigenvalue weighted by molar-refractivity contribution is -0.111. The summed E-state index contributed by atoms with van der Waals surface area (Å²) in [7, 11) is 4.07. The van der Waals surface area contributed by atoms with Crippen molar-refractivity contribution in [1.82, 2.24) is 14.9 Å². The maximum Gasteiger partial charge on any atom is 0.247 e. The largest absolute Gasteiger partial charge is 0.440 e. The molecule has 1 heterocycles. The van der Waals surface area contributed by atoms with E-state index in [4.69, 9.17) is 4.74 Å². The first-order valence-corrected chi connectivity index (χ1v) is 8.08. The molecule has 0 bridgehead atoms. The first-order chi connectivity index (χ1) is 12.0. The Hall–Kier alpha value is -2.64. The van der Waals surface area contributed by atoms with Crippen molar-refractivity contribution in [3.63, 3.8) is 0 Å². The van der Waals surface area contributed by atoms with Gasteiger partial charge in [0.25, 0.3) is 0 Å². The molecule has 25 heavy (non-hydrogen) atoms. The third-order valence-corrected chi connectivity index (χ3v) is 3.82. The zero-order valence-electron chi connectivity index (χ0n) is 14.8. The third-order valence-electron chi connectivity index (χ3n) is 3.82. The number of carbonyl (C=O) groups is 1. The minimum absolute atomic E-state index is 0.271. The van der Waals surface area contributed by atoms with Gasteiger partial charge in [0.2, 0.25) is 11.8 Å². The smallest absolute Gasteiger partial charge is 0.247 e. The zero-order valence-corrected chi connectivity index (χ0v) is 14.8. The molecule has 1 amide bonds. The summed E-state index contributed by atoms with van der Waals surface area (Å²) in [4.78, 5) is 17.9. The molecule has 1 fully saturated rings. The van der Waals surface area contributed by atoms with Gasteiger partial charge in [0, 0.05) is 45.0 Å². The Morgan fingerprint density at radius 1 is 1.36 bits per heavy atom. The van der Waals surface area contributed by atoms with E-state index in [0.29, 0.717) is 11.4 Å². The summed E-state index contributed by atoms with van der Waals surface area (Å²) < 4.78 is 5.60. The summed E-state index contributed by atoms with van der Waals surface area (Å²) in [6.07, 6.45) is 2.90. The second-order valence-electron chi connectivity index (χ2n) is 5.79. The molecular weight excluding hydrogens is 318 g/mol. The summed E-state index contributed by atoms with van der Waals surface area (Å²) in [5.74, 6) is 0.544. The van der Waals surface area contributed by atoms with Crippen LogP contribution < -0.4 is 10.1 Å². The summed E-state index contributed by atoms with van der Waals surface area (Å²) in [5.41, 5.74) is 0.619. The molecule has 0 spiro atoms. The average molecular weight is 343 g/mol. The molecule has 2 rings (SSSR count). The predicted molar refractivity (Wildman–Crippen MR) is 100 cm³/mol. The van der Waals surface area contributed by atoms with Crippen LogP contribution in [0.2, 0.25) is 0 Å². The molecule has 1 N–H and O–H groups in total. The Morgan fingerprint density at radius 2 is 2.08 bits per heavy atom. The van der Waals surface area contributed by atoms with Crippen molar-refractivity contribution in [2.24, 2.45) is 4.99 Å². The van der Waals surface area contributed by atoms with Crippen molar-refractivity contribution in [1.29, 1.82) is 0 Å². The van der Waals surface area contributed by atoms with Crippen LogP contribution in [0.1, 0.15) is 0 Å². The first kappa shape index (κ1) is 18.7. The standard InChI is InChI=1S/C18H25N5O2/c1-5-18(24)20-16-7-6-8-17(13-16)25-15(2)19-14-22(4)23-11-9-21(3)10-12-23/h5-8,13-14H,1-2,9-12H2,3-4H3,(H,20,24). The van der Waals surface area contributed by atoms with E-state index in [1.165, 1.54) is 6.08 Å². The maximum atomic E-state index is 11.3. The SMILES string of the molecule is C=CC(=O)Nc1cccc(OC(=C)N=CN(C)N2CCN(C)CC2)c1. The van der Waals surface area contributed by atoms with Crippen LogP contribution in [0.4, 0.5) is 5.69 Å². The van der Waals surface area contributed by atoms with Crippen LogP contribution in [-0.4, -0.2) is 67.4 Å². The van der Waals surface area contributed by atoms with Gasteiger partial charge in [-0.15, -0.1) is 0 Å². The summed E-state index contributed by atoms with van der Waals surface area (Å²) in [6.45, 7) is 11.2. The van der Waals surface area contributed by atoms with E-state index in [0.717, 1.165) is 26.2 Å². The van der Waals surface area contributed by atoms with E-state index < -0.39 is 0 Å². The number of aliphatic imine (C=N–C) groups is 1. The van der Waals surface area contributed by atoms with Gasteiger partial charge >= 0.3 is 0 Å². The van der Waals surface area contributed by atoms with Crippen molar-refractivity contribution in [2.75, 3.05) is 45.6 Å². The quantitative estimate of drug-likeness (QED) is 0.354. The van der Waals surface area contributed by atoms with Crippen molar-refractivity contribution >= 4 is 17.9 Å². The van der Waals surface area contributed by atoms with Crippen molar-refractivity contribution in [3.8, 4) is 5.75 Å². The molecule has 0 aromatic heterocycles. The molecule has 7 nitrogen and oxygen atoms in total. The first-order valence-electron chi connectivity index (χ1n) is 8.08. The average Bonchev–Trinajstić information content (AvgIpc) is 2.60. The molecule has 0 atom stereocenters. The van der Waals surface area contributed by atoms with E-state index in [9.17, 15) is 4.79 Å². The molecule has 7 heteroatoms. The molecule has 0 radical (unpaired) electrons. The van der Waals surface area contributed by atoms with Gasteiger partial charge in [-0.05, 0) is 31.8 Å². The van der Waals surface area contributed by atoms with Crippen LogP contribution in [0.15, 0.2) is 54.4 Å². The maximum absolute atomic E-state index is 11.3. The fourth-order valence-electron chi connectivity index (χ4n) is 2.33. The van der Waals surface area contributed by atoms with Crippen LogP contribution >= 0.6 is 0 Å². The molecule has 134 valence electrons. The van der Waals surface area contributed by atoms with Crippen LogP contribution in [0.25, 0.3) is 0 Å². The molecule has 1 aromatic rings. The van der Waals surface area contributed by atoms with Crippen molar-refractivity contribution in [2.45, 2.75) is 0 Å². The minimum atomic E-state index is -0.275. The van der Waals surface area contributed by atoms with Gasteiger partial charge in [0.05, 0.1) is 0 Å². The van der Waals surface area contributed by atoms with Gasteiger partial charge in [0.15, 0.2) is 0 Å². The minimum Gasteiger partial charge on any atom is -0.440 e. The zero-order chi connectivity index (χ0) is 18.2. The highest BCUT2D eigenvalue weighted by atomic mass is 16.5. The number of benzene rings is 1. The number of carbonyl (C=O) groups excluding carboxylic acids is 1. The lowest BCUT2D eigenvalue weighted by Crippen LogP contribution is -2.50. The molecule has 1 saturated heterocycles. The Bertz CT molecular complexity index is 651. The molecule has 0 saturated carbocycles. The van der Waals surface area contributed by atoms with Crippen LogP contribution in [0.3, 0.4) is 0 Å². The number of anilines is 1. The lowest BCUT2D eigenvalue weighted by atomic mass is 10.3. The van der Waals surface area contributed by atoms with E-state index in [1.54, 1.807) is 30.6 Å². The number of nitrogens with zero attached hydrogens (tertiary/aromatic N) is 4. The Balaban J connectivity index is 1.88. The lowest BCUT2D eigenvalue weighted by Gasteiger charge is -2.37. The number of nitrogens with one attached hydrogen (secondary N) is 1. The topological polar surface area (TPSA) is 60.4 Å². The van der Waals surface area contributed by atoms with Gasteiger partial charge < -0.3 is 15.0 Å². The second kappa shape index (κ2) is 9.00. The highest BCUT2D eigenvalue weighted by Crippen LogP contribution is 2.19. The molecule has 1 aliphatic rings. The third kappa shape index (κ3) is 6.06. The highest BCUT2D eigenvalue weighted by molar-refractivity contribution is 5.98. The van der Waals surface area contributed by atoms with E-state index in [1.807, 2.05) is 12.1 Å². The normalized spacial score (nSPS) is 15.8. The number of hydrogen-bond donors (Lipinski definition) is 1. The van der Waals surface area contributed by atoms with Gasteiger partial charge in [-0.3, -0.25) is 9.80 Å². The number of piperazine rings is 1. The molecule has 1 aliphatic heterocycles. The summed E-state index contributed by atoms with van der Waals surface area (Å²) >= 11 is 0. The van der Waals surface area contributed by atoms with Crippen LogP contribution in [0, 0.1) is 0 Å². The second-order valence-corrected chi connectivity index (χ2v) is 5.79. The van der Waals surface area contributed by atoms with Crippen LogP contribution in [0.5, 0.6) is 5.75 Å². The van der Waals surface area contributed by atoms with E-state index in [2.05, 4.69) is 40.4 Å². The summed E-state index contributed by atoms with van der Waals surface area (Å²) in [5, 5.41) is 6.84. The van der Waals surface area contributed by atoms with E-state index >= 15 is 0 Å². The fourth-order valence-corrected chi connectivity index (χ4v) is 2.33. The number of amides is 1. The number of likely N-dealkylation sites (N-methyl/N-ethyl adjacent to an activating group) is 1. The van der Waals surface area contributed by atoms with Gasteiger partial charge in [0.1, 0.15) is 12.1 Å². The molecule has 1 aromatic carbocycles. The monoisotopic (exact) mass is 343 g/mol. The Morgan fingerprint density at radius 3 is 2.76 bits per heavy atom.